The van der Waals surface area contributed by atoms with Crippen molar-refractivity contribution in [3.05, 3.63) is 65.2 Å². The van der Waals surface area contributed by atoms with Crippen LogP contribution in [0.3, 0.4) is 0 Å². The summed E-state index contributed by atoms with van der Waals surface area (Å²) in [7, 11) is 1.56. The summed E-state index contributed by atoms with van der Waals surface area (Å²) in [6, 6.07) is 10.1. The van der Waals surface area contributed by atoms with Crippen LogP contribution in [0.4, 0.5) is 0 Å². The number of pyridine rings is 1. The van der Waals surface area contributed by atoms with Crippen LogP contribution in [-0.4, -0.2) is 23.7 Å². The number of nitrogens with zero attached hydrogens (tertiary/aromatic N) is 1. The summed E-state index contributed by atoms with van der Waals surface area (Å²) < 4.78 is 10.6. The number of ketones is 2. The van der Waals surface area contributed by atoms with Crippen molar-refractivity contribution in [2.75, 3.05) is 7.11 Å². The van der Waals surface area contributed by atoms with Crippen LogP contribution in [0.2, 0.25) is 0 Å². The van der Waals surface area contributed by atoms with Gasteiger partial charge in [-0.05, 0) is 43.3 Å². The monoisotopic (exact) mass is 295 g/mol. The summed E-state index contributed by atoms with van der Waals surface area (Å²) in [4.78, 5) is 28.6. The molecule has 5 heteroatoms. The zero-order valence-corrected chi connectivity index (χ0v) is 12.1. The maximum absolute atomic E-state index is 12.4. The largest absolute Gasteiger partial charge is 0.497 e. The second-order valence-corrected chi connectivity index (χ2v) is 4.83. The zero-order valence-electron chi connectivity index (χ0n) is 12.1. The van der Waals surface area contributed by atoms with Crippen LogP contribution in [0.25, 0.3) is 0 Å². The minimum absolute atomic E-state index is 0.0271. The smallest absolute Gasteiger partial charge is 0.247 e. The van der Waals surface area contributed by atoms with E-state index in [1.54, 1.807) is 50.4 Å². The number of fused-ring (bicyclic) bond motifs is 1. The highest BCUT2D eigenvalue weighted by Crippen LogP contribution is 2.24. The quantitative estimate of drug-likeness (QED) is 0.871. The molecule has 0 saturated carbocycles. The number of allylic oxidation sites excluding steroid dienone is 2. The minimum atomic E-state index is -0.394. The predicted molar refractivity (Wildman–Crippen MR) is 79.3 cm³/mol. The normalized spacial score (nSPS) is 13.5. The van der Waals surface area contributed by atoms with E-state index in [1.807, 2.05) is 0 Å². The summed E-state index contributed by atoms with van der Waals surface area (Å²) in [5.74, 6) is 0.416. The molecule has 0 bridgehead atoms. The van der Waals surface area contributed by atoms with E-state index in [-0.39, 0.29) is 17.2 Å². The minimum Gasteiger partial charge on any atom is -0.497 e. The SMILES string of the molecule is COc1ccc(OC2=CC(=O)c3ccc(C)nc3C2=O)cc1. The van der Waals surface area contributed by atoms with Crippen LogP contribution in [0, 0.1) is 6.92 Å². The molecule has 1 aliphatic rings. The second kappa shape index (κ2) is 5.44. The maximum atomic E-state index is 12.4. The molecule has 0 saturated heterocycles. The number of aromatic nitrogens is 1. The van der Waals surface area contributed by atoms with E-state index in [0.717, 1.165) is 0 Å². The number of Topliss-reactive ketones (excluding diaryl/α,β-unsaturated/α-hetero) is 1. The maximum Gasteiger partial charge on any atom is 0.247 e. The molecule has 0 amide bonds. The fourth-order valence-electron chi connectivity index (χ4n) is 2.15. The van der Waals surface area contributed by atoms with Gasteiger partial charge in [-0.25, -0.2) is 4.98 Å². The Morgan fingerprint density at radius 2 is 1.64 bits per heavy atom. The fraction of sp³-hybridized carbons (Fsp3) is 0.118. The van der Waals surface area contributed by atoms with Crippen LogP contribution in [0.1, 0.15) is 26.5 Å². The van der Waals surface area contributed by atoms with Gasteiger partial charge in [0.25, 0.3) is 0 Å². The predicted octanol–water partition coefficient (Wildman–Crippen LogP) is 2.74. The van der Waals surface area contributed by atoms with Gasteiger partial charge in [-0.1, -0.05) is 0 Å². The van der Waals surface area contributed by atoms with Gasteiger partial charge in [0.1, 0.15) is 17.2 Å². The molecule has 0 aliphatic heterocycles. The fourth-order valence-corrected chi connectivity index (χ4v) is 2.15. The van der Waals surface area contributed by atoms with Crippen molar-refractivity contribution < 1.29 is 19.1 Å². The van der Waals surface area contributed by atoms with Gasteiger partial charge >= 0.3 is 0 Å². The molecule has 1 aromatic carbocycles. The molecule has 5 nitrogen and oxygen atoms in total. The average Bonchev–Trinajstić information content (AvgIpc) is 2.53. The lowest BCUT2D eigenvalue weighted by Gasteiger charge is -2.15. The number of methoxy groups -OCH3 is 1. The van der Waals surface area contributed by atoms with Crippen molar-refractivity contribution in [1.29, 1.82) is 0 Å². The highest BCUT2D eigenvalue weighted by Gasteiger charge is 2.28. The summed E-state index contributed by atoms with van der Waals surface area (Å²) >= 11 is 0. The van der Waals surface area contributed by atoms with Gasteiger partial charge in [0.2, 0.25) is 5.78 Å². The zero-order chi connectivity index (χ0) is 15.7. The van der Waals surface area contributed by atoms with E-state index in [9.17, 15) is 9.59 Å². The Hall–Kier alpha value is -2.95. The number of carbonyl (C=O) groups excluding carboxylic acids is 2. The lowest BCUT2D eigenvalue weighted by Crippen LogP contribution is -2.22. The Morgan fingerprint density at radius 3 is 2.32 bits per heavy atom. The Labute approximate surface area is 127 Å². The summed E-state index contributed by atoms with van der Waals surface area (Å²) in [6.45, 7) is 1.76. The number of ether oxygens (including phenoxy) is 2. The third kappa shape index (κ3) is 2.48. The summed E-state index contributed by atoms with van der Waals surface area (Å²) in [5, 5.41) is 0. The number of aryl methyl sites for hydroxylation is 1. The molecule has 2 aromatic rings. The van der Waals surface area contributed by atoms with Crippen LogP contribution in [0.5, 0.6) is 11.5 Å². The Kier molecular flexibility index (Phi) is 3.47. The molecule has 0 atom stereocenters. The summed E-state index contributed by atoms with van der Waals surface area (Å²) in [5.41, 5.74) is 1.11. The highest BCUT2D eigenvalue weighted by atomic mass is 16.5. The highest BCUT2D eigenvalue weighted by molar-refractivity contribution is 6.22. The topological polar surface area (TPSA) is 65.5 Å². The van der Waals surface area contributed by atoms with E-state index in [0.29, 0.717) is 22.8 Å². The lowest BCUT2D eigenvalue weighted by molar-refractivity contribution is 0.0942. The number of rotatable bonds is 3. The van der Waals surface area contributed by atoms with Crippen molar-refractivity contribution in [2.24, 2.45) is 0 Å². The van der Waals surface area contributed by atoms with Crippen LogP contribution >= 0.6 is 0 Å². The van der Waals surface area contributed by atoms with E-state index in [4.69, 9.17) is 9.47 Å². The van der Waals surface area contributed by atoms with Gasteiger partial charge < -0.3 is 9.47 Å². The molecular weight excluding hydrogens is 282 g/mol. The van der Waals surface area contributed by atoms with E-state index in [1.165, 1.54) is 6.08 Å². The Bertz CT molecular complexity index is 791. The number of hydrogen-bond donors (Lipinski definition) is 0. The third-order valence-corrected chi connectivity index (χ3v) is 3.29. The van der Waals surface area contributed by atoms with Crippen molar-refractivity contribution >= 4 is 11.6 Å². The van der Waals surface area contributed by atoms with Gasteiger partial charge in [-0.3, -0.25) is 9.59 Å². The van der Waals surface area contributed by atoms with Crippen LogP contribution < -0.4 is 9.47 Å². The molecule has 1 aromatic heterocycles. The lowest BCUT2D eigenvalue weighted by atomic mass is 9.98. The molecule has 0 radical (unpaired) electrons. The van der Waals surface area contributed by atoms with Crippen molar-refractivity contribution in [3.63, 3.8) is 0 Å². The number of hydrogen-bond acceptors (Lipinski definition) is 5. The molecule has 1 aliphatic carbocycles. The van der Waals surface area contributed by atoms with Crippen molar-refractivity contribution in [3.8, 4) is 11.5 Å². The first-order valence-corrected chi connectivity index (χ1v) is 6.69. The van der Waals surface area contributed by atoms with E-state index >= 15 is 0 Å². The van der Waals surface area contributed by atoms with Gasteiger partial charge in [0.15, 0.2) is 11.5 Å². The number of carbonyl (C=O) groups is 2. The average molecular weight is 295 g/mol. The Balaban J connectivity index is 1.91. The van der Waals surface area contributed by atoms with Crippen LogP contribution in [-0.2, 0) is 0 Å². The summed E-state index contributed by atoms with van der Waals surface area (Å²) in [6.07, 6.45) is 1.20. The second-order valence-electron chi connectivity index (χ2n) is 4.83. The molecule has 0 N–H and O–H groups in total. The first-order chi connectivity index (χ1) is 10.6. The van der Waals surface area contributed by atoms with E-state index < -0.39 is 5.78 Å². The van der Waals surface area contributed by atoms with Crippen molar-refractivity contribution in [1.82, 2.24) is 4.98 Å². The Morgan fingerprint density at radius 1 is 0.955 bits per heavy atom. The molecule has 110 valence electrons. The molecule has 0 unspecified atom stereocenters. The molecule has 3 rings (SSSR count). The molecule has 0 spiro atoms. The molecule has 22 heavy (non-hydrogen) atoms. The molecule has 1 heterocycles. The molecular formula is C17H13NO4. The van der Waals surface area contributed by atoms with Gasteiger partial charge in [0.05, 0.1) is 12.7 Å². The van der Waals surface area contributed by atoms with Gasteiger partial charge in [-0.2, -0.15) is 0 Å². The first-order valence-electron chi connectivity index (χ1n) is 6.69. The molecule has 0 fully saturated rings. The standard InChI is InChI=1S/C17H13NO4/c1-10-3-8-13-14(19)9-15(17(20)16(13)18-10)22-12-6-4-11(21-2)5-7-12/h3-9H,1-2H3. The number of benzene rings is 1. The first kappa shape index (κ1) is 14.0. The van der Waals surface area contributed by atoms with Crippen molar-refractivity contribution in [2.45, 2.75) is 6.92 Å². The third-order valence-electron chi connectivity index (χ3n) is 3.29. The van der Waals surface area contributed by atoms with E-state index in [2.05, 4.69) is 4.98 Å². The van der Waals surface area contributed by atoms with Crippen LogP contribution in [0.15, 0.2) is 48.2 Å². The van der Waals surface area contributed by atoms with Gasteiger partial charge in [0, 0.05) is 11.8 Å². The van der Waals surface area contributed by atoms with Gasteiger partial charge in [-0.15, -0.1) is 0 Å².